The van der Waals surface area contributed by atoms with Gasteiger partial charge in [-0.15, -0.1) is 0 Å². The van der Waals surface area contributed by atoms with Crippen LogP contribution >= 0.6 is 0 Å². The first-order chi connectivity index (χ1) is 12.3. The van der Waals surface area contributed by atoms with Crippen molar-refractivity contribution in [2.75, 3.05) is 13.8 Å². The molecule has 1 aromatic carbocycles. The number of nitrogens with zero attached hydrogens (tertiary/aromatic N) is 1. The highest BCUT2D eigenvalue weighted by Gasteiger charge is 2.30. The number of hydrogen-bond acceptors (Lipinski definition) is 5. The van der Waals surface area contributed by atoms with Crippen molar-refractivity contribution in [3.8, 4) is 11.5 Å². The van der Waals surface area contributed by atoms with Gasteiger partial charge in [0.15, 0.2) is 23.1 Å². The third-order valence-electron chi connectivity index (χ3n) is 5.26. The van der Waals surface area contributed by atoms with Crippen molar-refractivity contribution in [1.82, 2.24) is 4.90 Å². The molecule has 3 rings (SSSR count). The molecule has 1 unspecified atom stereocenters. The molecule has 0 bridgehead atoms. The summed E-state index contributed by atoms with van der Waals surface area (Å²) in [5, 5.41) is 0. The van der Waals surface area contributed by atoms with Crippen molar-refractivity contribution in [3.05, 3.63) is 46.1 Å². The summed E-state index contributed by atoms with van der Waals surface area (Å²) in [6.07, 6.45) is 0.571. The van der Waals surface area contributed by atoms with Crippen LogP contribution in [0.1, 0.15) is 39.7 Å². The number of ether oxygens (including phenoxy) is 2. The summed E-state index contributed by atoms with van der Waals surface area (Å²) in [5.74, 6) is 1.62. The van der Waals surface area contributed by atoms with E-state index in [0.717, 1.165) is 39.4 Å². The van der Waals surface area contributed by atoms with E-state index in [2.05, 4.69) is 0 Å². The number of hydrogen-bond donors (Lipinski definition) is 0. The van der Waals surface area contributed by atoms with Gasteiger partial charge in [-0.25, -0.2) is 0 Å². The van der Waals surface area contributed by atoms with Crippen molar-refractivity contribution in [3.63, 3.8) is 0 Å². The van der Waals surface area contributed by atoms with E-state index < -0.39 is 0 Å². The normalized spacial score (nSPS) is 17.3. The van der Waals surface area contributed by atoms with Gasteiger partial charge in [-0.05, 0) is 64.4 Å². The van der Waals surface area contributed by atoms with Gasteiger partial charge in [-0.2, -0.15) is 0 Å². The minimum atomic E-state index is -0.274. The van der Waals surface area contributed by atoms with Crippen LogP contribution in [-0.2, 0) is 16.1 Å². The summed E-state index contributed by atoms with van der Waals surface area (Å²) in [6, 6.07) is 5.56. The third kappa shape index (κ3) is 3.31. The Morgan fingerprint density at radius 2 is 1.88 bits per heavy atom. The van der Waals surface area contributed by atoms with Gasteiger partial charge in [-0.3, -0.25) is 14.5 Å². The molecule has 0 saturated heterocycles. The molecular formula is C21H25NO4. The lowest BCUT2D eigenvalue weighted by atomic mass is 9.98. The molecule has 0 spiro atoms. The smallest absolute Gasteiger partial charge is 0.231 e. The molecule has 5 nitrogen and oxygen atoms in total. The van der Waals surface area contributed by atoms with Crippen LogP contribution in [0.3, 0.4) is 0 Å². The second-order valence-corrected chi connectivity index (χ2v) is 7.13. The molecule has 2 aliphatic rings. The summed E-state index contributed by atoms with van der Waals surface area (Å²) in [6.45, 7) is 8.16. The van der Waals surface area contributed by atoms with E-state index in [0.29, 0.717) is 13.0 Å². The van der Waals surface area contributed by atoms with E-state index in [1.54, 1.807) is 6.92 Å². The number of ketones is 2. The molecule has 1 aliphatic carbocycles. The van der Waals surface area contributed by atoms with Crippen LogP contribution in [0, 0.1) is 0 Å². The van der Waals surface area contributed by atoms with E-state index in [1.165, 1.54) is 0 Å². The molecular weight excluding hydrogens is 330 g/mol. The van der Waals surface area contributed by atoms with Crippen LogP contribution in [0.25, 0.3) is 0 Å². The minimum absolute atomic E-state index is 0.0316. The Balaban J connectivity index is 1.72. The summed E-state index contributed by atoms with van der Waals surface area (Å²) in [5.41, 5.74) is 4.37. The van der Waals surface area contributed by atoms with Gasteiger partial charge in [0.1, 0.15) is 0 Å². The maximum absolute atomic E-state index is 13.0. The first-order valence-electron chi connectivity index (χ1n) is 8.83. The number of carbonyl (C=O) groups is 2. The molecule has 0 saturated carbocycles. The summed E-state index contributed by atoms with van der Waals surface area (Å²) in [7, 11) is 1.93. The fourth-order valence-corrected chi connectivity index (χ4v) is 3.71. The van der Waals surface area contributed by atoms with Gasteiger partial charge in [0.2, 0.25) is 6.79 Å². The number of fused-ring (bicyclic) bond motifs is 1. The summed E-state index contributed by atoms with van der Waals surface area (Å²) in [4.78, 5) is 26.9. The van der Waals surface area contributed by atoms with Crippen LogP contribution < -0.4 is 9.47 Å². The van der Waals surface area contributed by atoms with E-state index in [-0.39, 0.29) is 24.4 Å². The lowest BCUT2D eigenvalue weighted by molar-refractivity contribution is -0.119. The number of likely N-dealkylation sites (N-methyl/N-ethyl adjacent to an activating group) is 1. The van der Waals surface area contributed by atoms with Gasteiger partial charge < -0.3 is 9.47 Å². The molecule has 0 amide bonds. The molecule has 1 heterocycles. The van der Waals surface area contributed by atoms with Crippen LogP contribution in [-0.4, -0.2) is 36.3 Å². The average molecular weight is 355 g/mol. The second kappa shape index (κ2) is 7.08. The number of rotatable bonds is 6. The molecule has 1 atom stereocenters. The first-order valence-corrected chi connectivity index (χ1v) is 8.83. The van der Waals surface area contributed by atoms with Crippen LogP contribution in [0.2, 0.25) is 0 Å². The maximum atomic E-state index is 13.0. The zero-order valence-corrected chi connectivity index (χ0v) is 16.0. The molecule has 1 aliphatic heterocycles. The standard InChI is InChI=1S/C21H25NO4/c1-12-8-17(13(2)20(12)15(4)23)21(24)14(3)22(5)10-16-6-7-18-19(9-16)26-11-25-18/h6-7,9,14H,8,10-11H2,1-5H3. The highest BCUT2D eigenvalue weighted by atomic mass is 16.7. The van der Waals surface area contributed by atoms with Crippen molar-refractivity contribution >= 4 is 11.6 Å². The van der Waals surface area contributed by atoms with Crippen LogP contribution in [0.15, 0.2) is 40.5 Å². The molecule has 0 aromatic heterocycles. The fraction of sp³-hybridized carbons (Fsp3) is 0.429. The minimum Gasteiger partial charge on any atom is -0.454 e. The zero-order chi connectivity index (χ0) is 19.0. The van der Waals surface area contributed by atoms with E-state index in [1.807, 2.05) is 50.9 Å². The number of carbonyl (C=O) groups excluding carboxylic acids is 2. The summed E-state index contributed by atoms with van der Waals surface area (Å²) >= 11 is 0. The number of Topliss-reactive ketones (excluding diaryl/α,β-unsaturated/α-hetero) is 2. The van der Waals surface area contributed by atoms with Crippen molar-refractivity contribution < 1.29 is 19.1 Å². The fourth-order valence-electron chi connectivity index (χ4n) is 3.71. The Morgan fingerprint density at radius 1 is 1.19 bits per heavy atom. The van der Waals surface area contributed by atoms with Crippen molar-refractivity contribution in [2.24, 2.45) is 0 Å². The van der Waals surface area contributed by atoms with E-state index in [9.17, 15) is 9.59 Å². The lowest BCUT2D eigenvalue weighted by Gasteiger charge is -2.24. The maximum Gasteiger partial charge on any atom is 0.231 e. The van der Waals surface area contributed by atoms with Gasteiger partial charge in [0.25, 0.3) is 0 Å². The highest BCUT2D eigenvalue weighted by molar-refractivity contribution is 6.07. The Morgan fingerprint density at radius 3 is 2.54 bits per heavy atom. The van der Waals surface area contributed by atoms with E-state index in [4.69, 9.17) is 9.47 Å². The highest BCUT2D eigenvalue weighted by Crippen LogP contribution is 2.35. The van der Waals surface area contributed by atoms with Crippen LogP contribution in [0.5, 0.6) is 11.5 Å². The lowest BCUT2D eigenvalue weighted by Crippen LogP contribution is -2.36. The van der Waals surface area contributed by atoms with Crippen LogP contribution in [0.4, 0.5) is 0 Å². The molecule has 0 N–H and O–H groups in total. The number of allylic oxidation sites excluding steroid dienone is 3. The summed E-state index contributed by atoms with van der Waals surface area (Å²) < 4.78 is 10.8. The largest absolute Gasteiger partial charge is 0.454 e. The Labute approximate surface area is 154 Å². The second-order valence-electron chi connectivity index (χ2n) is 7.13. The van der Waals surface area contributed by atoms with Gasteiger partial charge in [0, 0.05) is 17.7 Å². The quantitative estimate of drug-likeness (QED) is 0.782. The SMILES string of the molecule is CC(=O)C1=C(C)CC(C(=O)C(C)N(C)Cc2ccc3c(c2)OCO3)=C1C. The third-order valence-corrected chi connectivity index (χ3v) is 5.26. The monoisotopic (exact) mass is 355 g/mol. The Bertz CT molecular complexity index is 834. The van der Waals surface area contributed by atoms with Gasteiger partial charge in [0.05, 0.1) is 6.04 Å². The predicted molar refractivity (Wildman–Crippen MR) is 99.2 cm³/mol. The van der Waals surface area contributed by atoms with Crippen molar-refractivity contribution in [1.29, 1.82) is 0 Å². The van der Waals surface area contributed by atoms with Gasteiger partial charge in [-0.1, -0.05) is 11.6 Å². The predicted octanol–water partition coefficient (Wildman–Crippen LogP) is 3.43. The van der Waals surface area contributed by atoms with E-state index >= 15 is 0 Å². The molecule has 138 valence electrons. The molecule has 5 heteroatoms. The molecule has 0 radical (unpaired) electrons. The van der Waals surface area contributed by atoms with Crippen molar-refractivity contribution in [2.45, 2.75) is 46.7 Å². The molecule has 0 fully saturated rings. The zero-order valence-electron chi connectivity index (χ0n) is 16.0. The van der Waals surface area contributed by atoms with Gasteiger partial charge >= 0.3 is 0 Å². The Kier molecular flexibility index (Phi) is 5.01. The average Bonchev–Trinajstić information content (AvgIpc) is 3.16. The first kappa shape index (κ1) is 18.4. The Hall–Kier alpha value is -2.40. The molecule has 1 aromatic rings. The topological polar surface area (TPSA) is 55.8 Å². The molecule has 26 heavy (non-hydrogen) atoms. The number of benzene rings is 1.